The minimum absolute atomic E-state index is 0.224. The Labute approximate surface area is 236 Å². The number of aromatic nitrogens is 1. The molecule has 1 aromatic heterocycles. The van der Waals surface area contributed by atoms with Gasteiger partial charge in [0, 0.05) is 41.9 Å². The number of pyridine rings is 1. The number of benzene rings is 3. The van der Waals surface area contributed by atoms with Crippen molar-refractivity contribution in [1.29, 1.82) is 0 Å². The summed E-state index contributed by atoms with van der Waals surface area (Å²) in [7, 11) is 1.62. The number of carbonyl (C=O) groups is 1. The quantitative estimate of drug-likeness (QED) is 0.141. The molecule has 0 saturated heterocycles. The summed E-state index contributed by atoms with van der Waals surface area (Å²) in [4.78, 5) is 16.9. The fourth-order valence-corrected chi connectivity index (χ4v) is 4.20. The van der Waals surface area contributed by atoms with Gasteiger partial charge < -0.3 is 19.5 Å². The van der Waals surface area contributed by atoms with Crippen LogP contribution in [0.1, 0.15) is 30.9 Å². The van der Waals surface area contributed by atoms with Crippen LogP contribution in [0.4, 0.5) is 5.69 Å². The molecule has 6 heteroatoms. The molecule has 0 bridgehead atoms. The van der Waals surface area contributed by atoms with Gasteiger partial charge in [0.1, 0.15) is 18.1 Å². The molecule has 40 heavy (non-hydrogen) atoms. The van der Waals surface area contributed by atoms with Crippen LogP contribution in [0.3, 0.4) is 0 Å². The van der Waals surface area contributed by atoms with Gasteiger partial charge in [-0.2, -0.15) is 0 Å². The second-order valence-corrected chi connectivity index (χ2v) is 9.39. The first-order chi connectivity index (χ1) is 19.6. The van der Waals surface area contributed by atoms with E-state index in [4.69, 9.17) is 14.2 Å². The Morgan fingerprint density at radius 1 is 0.900 bits per heavy atom. The molecule has 206 valence electrons. The smallest absolute Gasteiger partial charge is 0.248 e. The summed E-state index contributed by atoms with van der Waals surface area (Å²) < 4.78 is 16.9. The third-order valence-electron chi connectivity index (χ3n) is 6.47. The molecule has 0 aliphatic heterocycles. The number of carbonyl (C=O) groups excluding carboxylic acids is 1. The van der Waals surface area contributed by atoms with Gasteiger partial charge in [-0.25, -0.2) is 0 Å². The number of hydrogen-bond acceptors (Lipinski definition) is 5. The number of aryl methyl sites for hydroxylation is 1. The maximum atomic E-state index is 12.7. The highest BCUT2D eigenvalue weighted by Gasteiger charge is 2.07. The molecule has 0 aliphatic carbocycles. The molecule has 4 rings (SSSR count). The number of amides is 1. The number of hydrogen-bond donors (Lipinski definition) is 1. The van der Waals surface area contributed by atoms with Gasteiger partial charge in [-0.05, 0) is 84.1 Å². The van der Waals surface area contributed by atoms with Crippen LogP contribution in [0.25, 0.3) is 28.3 Å². The number of anilines is 1. The topological polar surface area (TPSA) is 69.7 Å². The van der Waals surface area contributed by atoms with E-state index in [1.807, 2.05) is 79.0 Å². The lowest BCUT2D eigenvalue weighted by Crippen LogP contribution is -2.07. The van der Waals surface area contributed by atoms with E-state index in [2.05, 4.69) is 24.1 Å². The Bertz CT molecular complexity index is 1410. The van der Waals surface area contributed by atoms with Gasteiger partial charge >= 0.3 is 0 Å². The summed E-state index contributed by atoms with van der Waals surface area (Å²) in [6, 6.07) is 23.6. The van der Waals surface area contributed by atoms with Crippen LogP contribution in [0.5, 0.6) is 11.5 Å². The van der Waals surface area contributed by atoms with E-state index in [9.17, 15) is 4.79 Å². The van der Waals surface area contributed by atoms with Gasteiger partial charge in [-0.1, -0.05) is 43.7 Å². The van der Waals surface area contributed by atoms with E-state index in [0.717, 1.165) is 64.3 Å². The number of nitrogens with zero attached hydrogens (tertiary/aromatic N) is 1. The largest absolute Gasteiger partial charge is 0.496 e. The summed E-state index contributed by atoms with van der Waals surface area (Å²) >= 11 is 0. The van der Waals surface area contributed by atoms with E-state index in [1.165, 1.54) is 6.08 Å². The predicted octanol–water partition coefficient (Wildman–Crippen LogP) is 7.58. The molecule has 0 saturated carbocycles. The van der Waals surface area contributed by atoms with Crippen LogP contribution in [0.15, 0.2) is 91.3 Å². The number of unbranched alkanes of at least 4 members (excludes halogenated alkanes) is 1. The summed E-state index contributed by atoms with van der Waals surface area (Å²) in [5.41, 5.74) is 6.85. The standard InChI is InChI=1S/C34H36N2O4/c1-4-5-20-39-21-22-40-31-14-8-26(9-15-31)28-10-16-33(38-3)29(23-28)11-17-34(37)36-30-12-6-27(7-13-30)32-24-35-19-18-25(32)2/h6-19,23-24H,4-5,20-22H2,1-3H3,(H,36,37)/b17-11+. The van der Waals surface area contributed by atoms with Crippen molar-refractivity contribution in [2.75, 3.05) is 32.2 Å². The highest BCUT2D eigenvalue weighted by Crippen LogP contribution is 2.29. The molecular weight excluding hydrogens is 500 g/mol. The van der Waals surface area contributed by atoms with Gasteiger partial charge in [0.15, 0.2) is 0 Å². The van der Waals surface area contributed by atoms with Crippen molar-refractivity contribution in [3.63, 3.8) is 0 Å². The number of methoxy groups -OCH3 is 1. The predicted molar refractivity (Wildman–Crippen MR) is 162 cm³/mol. The van der Waals surface area contributed by atoms with Gasteiger partial charge in [-0.3, -0.25) is 9.78 Å². The van der Waals surface area contributed by atoms with Crippen molar-refractivity contribution in [2.45, 2.75) is 26.7 Å². The van der Waals surface area contributed by atoms with Crippen LogP contribution in [-0.2, 0) is 9.53 Å². The first-order valence-electron chi connectivity index (χ1n) is 13.6. The zero-order chi connectivity index (χ0) is 28.2. The van der Waals surface area contributed by atoms with Crippen LogP contribution in [0.2, 0.25) is 0 Å². The Hall–Kier alpha value is -4.42. The molecule has 1 heterocycles. The van der Waals surface area contributed by atoms with Crippen LogP contribution >= 0.6 is 0 Å². The van der Waals surface area contributed by atoms with E-state index < -0.39 is 0 Å². The molecule has 0 radical (unpaired) electrons. The number of rotatable bonds is 13. The highest BCUT2D eigenvalue weighted by atomic mass is 16.5. The van der Waals surface area contributed by atoms with Crippen molar-refractivity contribution in [3.05, 3.63) is 102 Å². The molecule has 6 nitrogen and oxygen atoms in total. The maximum absolute atomic E-state index is 12.7. The fourth-order valence-electron chi connectivity index (χ4n) is 4.20. The number of nitrogens with one attached hydrogen (secondary N) is 1. The Morgan fingerprint density at radius 2 is 1.65 bits per heavy atom. The van der Waals surface area contributed by atoms with Crippen LogP contribution in [0, 0.1) is 6.92 Å². The summed E-state index contributed by atoms with van der Waals surface area (Å²) in [6.45, 7) is 6.08. The molecule has 0 atom stereocenters. The lowest BCUT2D eigenvalue weighted by Gasteiger charge is -2.10. The zero-order valence-corrected chi connectivity index (χ0v) is 23.4. The van der Waals surface area contributed by atoms with Gasteiger partial charge in [-0.15, -0.1) is 0 Å². The second-order valence-electron chi connectivity index (χ2n) is 9.39. The van der Waals surface area contributed by atoms with E-state index in [0.29, 0.717) is 19.0 Å². The minimum atomic E-state index is -0.224. The first kappa shape index (κ1) is 28.6. The molecule has 0 unspecified atom stereocenters. The Balaban J connectivity index is 1.37. The maximum Gasteiger partial charge on any atom is 0.248 e. The summed E-state index contributed by atoms with van der Waals surface area (Å²) in [5, 5.41) is 2.92. The van der Waals surface area contributed by atoms with Crippen LogP contribution < -0.4 is 14.8 Å². The minimum Gasteiger partial charge on any atom is -0.496 e. The lowest BCUT2D eigenvalue weighted by molar-refractivity contribution is -0.111. The molecular formula is C34H36N2O4. The Morgan fingerprint density at radius 3 is 2.38 bits per heavy atom. The molecule has 0 spiro atoms. The van der Waals surface area contributed by atoms with Crippen molar-refractivity contribution in [1.82, 2.24) is 4.98 Å². The first-order valence-corrected chi connectivity index (χ1v) is 13.6. The van der Waals surface area contributed by atoms with Crippen molar-refractivity contribution >= 4 is 17.7 Å². The van der Waals surface area contributed by atoms with Crippen LogP contribution in [-0.4, -0.2) is 37.8 Å². The van der Waals surface area contributed by atoms with E-state index in [1.54, 1.807) is 19.4 Å². The third-order valence-corrected chi connectivity index (χ3v) is 6.47. The molecule has 1 amide bonds. The Kier molecular flexibility index (Phi) is 10.5. The van der Waals surface area contributed by atoms with Crippen molar-refractivity contribution in [3.8, 4) is 33.8 Å². The monoisotopic (exact) mass is 536 g/mol. The third kappa shape index (κ3) is 8.04. The zero-order valence-electron chi connectivity index (χ0n) is 23.4. The molecule has 0 fully saturated rings. The van der Waals surface area contributed by atoms with Gasteiger partial charge in [0.05, 0.1) is 13.7 Å². The van der Waals surface area contributed by atoms with E-state index in [-0.39, 0.29) is 5.91 Å². The molecule has 0 aliphatic rings. The summed E-state index contributed by atoms with van der Waals surface area (Å²) in [5.74, 6) is 1.27. The number of ether oxygens (including phenoxy) is 3. The van der Waals surface area contributed by atoms with Gasteiger partial charge in [0.25, 0.3) is 0 Å². The lowest BCUT2D eigenvalue weighted by atomic mass is 10.0. The highest BCUT2D eigenvalue weighted by molar-refractivity contribution is 6.02. The molecule has 3 aromatic carbocycles. The van der Waals surface area contributed by atoms with Crippen molar-refractivity contribution < 1.29 is 19.0 Å². The molecule has 1 N–H and O–H groups in total. The van der Waals surface area contributed by atoms with Crippen molar-refractivity contribution in [2.24, 2.45) is 0 Å². The molecule has 4 aromatic rings. The SMILES string of the molecule is CCCCOCCOc1ccc(-c2ccc(OC)c(/C=C/C(=O)Nc3ccc(-c4cnccc4C)cc3)c2)cc1. The average Bonchev–Trinajstić information content (AvgIpc) is 2.99. The normalized spacial score (nSPS) is 11.0. The fraction of sp³-hybridized carbons (Fsp3) is 0.235. The summed E-state index contributed by atoms with van der Waals surface area (Å²) in [6.07, 6.45) is 9.10. The van der Waals surface area contributed by atoms with Gasteiger partial charge in [0.2, 0.25) is 5.91 Å². The van der Waals surface area contributed by atoms with E-state index >= 15 is 0 Å². The second kappa shape index (κ2) is 14.7. The average molecular weight is 537 g/mol.